The fourth-order valence-corrected chi connectivity index (χ4v) is 5.07. The number of benzene rings is 4. The van der Waals surface area contributed by atoms with Crippen LogP contribution in [0.2, 0.25) is 0 Å². The van der Waals surface area contributed by atoms with Gasteiger partial charge in [0.05, 0.1) is 21.5 Å². The highest BCUT2D eigenvalue weighted by Gasteiger charge is 2.14. The van der Waals surface area contributed by atoms with Crippen LogP contribution in [0.25, 0.3) is 53.9 Å². The minimum absolute atomic E-state index is 0.248. The Labute approximate surface area is 189 Å². The van der Waals surface area contributed by atoms with E-state index >= 15 is 0 Å². The average molecular weight is 431 g/mol. The van der Waals surface area contributed by atoms with Crippen LogP contribution in [-0.2, 0) is 0 Å². The third-order valence-electron chi connectivity index (χ3n) is 5.65. The summed E-state index contributed by atoms with van der Waals surface area (Å²) in [5, 5.41) is 13.4. The van der Waals surface area contributed by atoms with Crippen LogP contribution in [0.4, 0.5) is 0 Å². The molecule has 0 saturated carbocycles. The molecule has 0 unspecified atom stereocenters. The van der Waals surface area contributed by atoms with Crippen LogP contribution in [0.1, 0.15) is 0 Å². The molecule has 0 aliphatic rings. The largest absolute Gasteiger partial charge is 0.507 e. The lowest BCUT2D eigenvalue weighted by Crippen LogP contribution is -1.86. The number of rotatable bonds is 3. The fraction of sp³-hybridized carbons (Fsp3) is 0. The molecule has 0 spiro atoms. The molecule has 2 aromatic heterocycles. The lowest BCUT2D eigenvalue weighted by Gasteiger charge is -2.07. The summed E-state index contributed by atoms with van der Waals surface area (Å²) in [6.07, 6.45) is 1.93. The summed E-state index contributed by atoms with van der Waals surface area (Å²) in [4.78, 5) is 9.59. The van der Waals surface area contributed by atoms with Crippen molar-refractivity contribution in [2.75, 3.05) is 0 Å². The van der Waals surface area contributed by atoms with Crippen LogP contribution >= 0.6 is 11.3 Å². The first-order valence-corrected chi connectivity index (χ1v) is 11.2. The van der Waals surface area contributed by atoms with E-state index in [0.717, 1.165) is 48.6 Å². The number of phenols is 1. The lowest BCUT2D eigenvalue weighted by atomic mass is 10.00. The third kappa shape index (κ3) is 3.22. The molecule has 4 aromatic carbocycles. The Morgan fingerprint density at radius 2 is 1.41 bits per heavy atom. The second kappa shape index (κ2) is 7.59. The Morgan fingerprint density at radius 3 is 2.31 bits per heavy atom. The number of nitrogens with zero attached hydrogens (tertiary/aromatic N) is 2. The molecule has 2 heterocycles. The fourth-order valence-electron chi connectivity index (χ4n) is 4.04. The molecule has 1 N–H and O–H groups in total. The van der Waals surface area contributed by atoms with Crippen molar-refractivity contribution in [2.24, 2.45) is 0 Å². The van der Waals surface area contributed by atoms with Gasteiger partial charge in [-0.05, 0) is 41.3 Å². The van der Waals surface area contributed by atoms with Gasteiger partial charge in [0.2, 0.25) is 0 Å². The van der Waals surface area contributed by atoms with Crippen molar-refractivity contribution in [3.8, 4) is 38.7 Å². The number of phenolic OH excluding ortho intramolecular Hbond substituents is 1. The quantitative estimate of drug-likeness (QED) is 0.315. The summed E-state index contributed by atoms with van der Waals surface area (Å²) in [5.41, 5.74) is 5.89. The zero-order valence-corrected chi connectivity index (χ0v) is 17.9. The van der Waals surface area contributed by atoms with Crippen molar-refractivity contribution in [2.45, 2.75) is 0 Å². The van der Waals surface area contributed by atoms with Crippen LogP contribution in [0, 0.1) is 0 Å². The number of pyridine rings is 1. The molecule has 0 fully saturated rings. The number of thiazole rings is 1. The van der Waals surface area contributed by atoms with E-state index in [2.05, 4.69) is 65.6 Å². The second-order valence-electron chi connectivity index (χ2n) is 7.69. The third-order valence-corrected chi connectivity index (χ3v) is 6.71. The van der Waals surface area contributed by atoms with E-state index in [9.17, 15) is 5.11 Å². The summed E-state index contributed by atoms with van der Waals surface area (Å²) < 4.78 is 1.09. The number of aromatic nitrogens is 2. The van der Waals surface area contributed by atoms with E-state index in [4.69, 9.17) is 4.98 Å². The molecule has 6 aromatic rings. The van der Waals surface area contributed by atoms with Gasteiger partial charge in [-0.15, -0.1) is 11.3 Å². The molecule has 0 amide bonds. The van der Waals surface area contributed by atoms with Gasteiger partial charge < -0.3 is 5.11 Å². The predicted molar refractivity (Wildman–Crippen MR) is 133 cm³/mol. The van der Waals surface area contributed by atoms with Crippen LogP contribution in [0.3, 0.4) is 0 Å². The molecule has 0 radical (unpaired) electrons. The first-order chi connectivity index (χ1) is 15.8. The number of aromatic hydroxyl groups is 1. The topological polar surface area (TPSA) is 46.0 Å². The Hall–Kier alpha value is -4.02. The SMILES string of the molecule is Oc1ccccc1-c1nc2c(-c3cccc(-c4cc5ccccc5cn4)c3)cccc2s1. The number of para-hydroxylation sites is 2. The Kier molecular flexibility index (Phi) is 4.44. The Bertz CT molecular complexity index is 1600. The number of hydrogen-bond donors (Lipinski definition) is 1. The molecule has 0 saturated heterocycles. The van der Waals surface area contributed by atoms with Gasteiger partial charge in [-0.25, -0.2) is 4.98 Å². The average Bonchev–Trinajstić information content (AvgIpc) is 3.28. The molecule has 4 heteroatoms. The highest BCUT2D eigenvalue weighted by atomic mass is 32.1. The molecule has 6 rings (SSSR count). The van der Waals surface area contributed by atoms with Crippen molar-refractivity contribution in [1.82, 2.24) is 9.97 Å². The maximum Gasteiger partial charge on any atom is 0.128 e. The minimum atomic E-state index is 0.248. The van der Waals surface area contributed by atoms with E-state index in [1.165, 1.54) is 5.39 Å². The van der Waals surface area contributed by atoms with Crippen molar-refractivity contribution in [3.63, 3.8) is 0 Å². The first-order valence-electron chi connectivity index (χ1n) is 10.4. The monoisotopic (exact) mass is 430 g/mol. The molecular formula is C28H18N2OS. The van der Waals surface area contributed by atoms with Gasteiger partial charge >= 0.3 is 0 Å². The molecule has 0 bridgehead atoms. The molecule has 0 atom stereocenters. The van der Waals surface area contributed by atoms with Gasteiger partial charge in [0.15, 0.2) is 0 Å². The maximum atomic E-state index is 10.3. The van der Waals surface area contributed by atoms with E-state index in [1.807, 2.05) is 36.5 Å². The van der Waals surface area contributed by atoms with Crippen molar-refractivity contribution >= 4 is 32.3 Å². The number of fused-ring (bicyclic) bond motifs is 2. The summed E-state index contributed by atoms with van der Waals surface area (Å²) in [6, 6.07) is 32.4. The second-order valence-corrected chi connectivity index (χ2v) is 8.72. The van der Waals surface area contributed by atoms with Gasteiger partial charge in [0.1, 0.15) is 10.8 Å². The highest BCUT2D eigenvalue weighted by molar-refractivity contribution is 7.21. The summed E-state index contributed by atoms with van der Waals surface area (Å²) in [6.45, 7) is 0. The summed E-state index contributed by atoms with van der Waals surface area (Å²) >= 11 is 1.59. The molecule has 3 nitrogen and oxygen atoms in total. The molecule has 32 heavy (non-hydrogen) atoms. The van der Waals surface area contributed by atoms with Crippen molar-refractivity contribution in [1.29, 1.82) is 0 Å². The first kappa shape index (κ1) is 18.7. The molecular weight excluding hydrogens is 412 g/mol. The van der Waals surface area contributed by atoms with Crippen molar-refractivity contribution < 1.29 is 5.11 Å². The van der Waals surface area contributed by atoms with E-state index in [0.29, 0.717) is 0 Å². The summed E-state index contributed by atoms with van der Waals surface area (Å²) in [7, 11) is 0. The van der Waals surface area contributed by atoms with E-state index < -0.39 is 0 Å². The van der Waals surface area contributed by atoms with Gasteiger partial charge in [-0.1, -0.05) is 66.7 Å². The van der Waals surface area contributed by atoms with Gasteiger partial charge in [0.25, 0.3) is 0 Å². The Morgan fingerprint density at radius 1 is 0.656 bits per heavy atom. The minimum Gasteiger partial charge on any atom is -0.507 e. The van der Waals surface area contributed by atoms with Crippen LogP contribution in [0.15, 0.2) is 103 Å². The smallest absolute Gasteiger partial charge is 0.128 e. The highest BCUT2D eigenvalue weighted by Crippen LogP contribution is 2.39. The summed E-state index contributed by atoms with van der Waals surface area (Å²) in [5.74, 6) is 0.248. The molecule has 152 valence electrons. The van der Waals surface area contributed by atoms with Crippen molar-refractivity contribution in [3.05, 3.63) is 103 Å². The zero-order chi connectivity index (χ0) is 21.5. The predicted octanol–water partition coefficient (Wildman–Crippen LogP) is 7.55. The van der Waals surface area contributed by atoms with Crippen LogP contribution < -0.4 is 0 Å². The molecule has 0 aliphatic carbocycles. The van der Waals surface area contributed by atoms with Gasteiger partial charge in [-0.3, -0.25) is 4.98 Å². The van der Waals surface area contributed by atoms with Crippen LogP contribution in [-0.4, -0.2) is 15.1 Å². The van der Waals surface area contributed by atoms with Gasteiger partial charge in [-0.2, -0.15) is 0 Å². The van der Waals surface area contributed by atoms with E-state index in [1.54, 1.807) is 17.4 Å². The van der Waals surface area contributed by atoms with E-state index in [-0.39, 0.29) is 5.75 Å². The maximum absolute atomic E-state index is 10.3. The zero-order valence-electron chi connectivity index (χ0n) is 17.1. The Balaban J connectivity index is 1.47. The number of hydrogen-bond acceptors (Lipinski definition) is 4. The van der Waals surface area contributed by atoms with Crippen LogP contribution in [0.5, 0.6) is 5.75 Å². The van der Waals surface area contributed by atoms with Gasteiger partial charge in [0, 0.05) is 22.7 Å². The lowest BCUT2D eigenvalue weighted by molar-refractivity contribution is 0.477. The molecule has 0 aliphatic heterocycles. The normalized spacial score (nSPS) is 11.2. The standard InChI is InChI=1S/C28H18N2OS/c31-25-13-4-3-11-23(25)28-30-27-22(12-6-14-26(27)32-28)19-9-5-10-20(15-19)24-16-18-7-1-2-8-21(18)17-29-24/h1-17,31H.